The first kappa shape index (κ1) is 17.2. The minimum Gasteiger partial charge on any atom is -0.351 e. The van der Waals surface area contributed by atoms with Gasteiger partial charge < -0.3 is 5.32 Å². The van der Waals surface area contributed by atoms with Crippen LogP contribution in [-0.2, 0) is 5.41 Å². The van der Waals surface area contributed by atoms with Crippen molar-refractivity contribution in [3.63, 3.8) is 0 Å². The van der Waals surface area contributed by atoms with Crippen LogP contribution in [0.3, 0.4) is 0 Å². The Morgan fingerprint density at radius 1 is 0.840 bits per heavy atom. The Bertz CT molecular complexity index is 807. The summed E-state index contributed by atoms with van der Waals surface area (Å²) < 4.78 is 0. The van der Waals surface area contributed by atoms with Crippen LogP contribution >= 0.6 is 11.6 Å². The molecule has 0 unspecified atom stereocenters. The van der Waals surface area contributed by atoms with Gasteiger partial charge in [-0.15, -0.1) is 0 Å². The van der Waals surface area contributed by atoms with Crippen molar-refractivity contribution in [2.75, 3.05) is 6.54 Å². The zero-order valence-electron chi connectivity index (χ0n) is 14.1. The number of hydrogen-bond donors (Lipinski definition) is 1. The second-order valence-electron chi connectivity index (χ2n) is 6.23. The predicted octanol–water partition coefficient (Wildman–Crippen LogP) is 5.08. The van der Waals surface area contributed by atoms with Crippen molar-refractivity contribution < 1.29 is 4.79 Å². The Labute approximate surface area is 153 Å². The van der Waals surface area contributed by atoms with Crippen LogP contribution in [0, 0.1) is 0 Å². The summed E-state index contributed by atoms with van der Waals surface area (Å²) in [7, 11) is 0. The zero-order valence-corrected chi connectivity index (χ0v) is 14.8. The molecular formula is C22H20ClNO. The van der Waals surface area contributed by atoms with E-state index in [0.717, 1.165) is 11.1 Å². The van der Waals surface area contributed by atoms with Gasteiger partial charge in [-0.3, -0.25) is 4.79 Å². The van der Waals surface area contributed by atoms with Crippen LogP contribution in [0.4, 0.5) is 0 Å². The third kappa shape index (κ3) is 3.75. The normalized spacial score (nSPS) is 11.1. The SMILES string of the molecule is CC(CNC(=O)c1ccccc1Cl)(c1ccccc1)c1ccccc1. The number of nitrogens with one attached hydrogen (secondary N) is 1. The van der Waals surface area contributed by atoms with Crippen LogP contribution in [0.15, 0.2) is 84.9 Å². The number of amides is 1. The molecule has 0 radical (unpaired) electrons. The fourth-order valence-electron chi connectivity index (χ4n) is 2.98. The van der Waals surface area contributed by atoms with E-state index in [1.54, 1.807) is 12.1 Å². The summed E-state index contributed by atoms with van der Waals surface area (Å²) >= 11 is 6.14. The second kappa shape index (κ2) is 7.54. The molecule has 0 aliphatic heterocycles. The summed E-state index contributed by atoms with van der Waals surface area (Å²) in [4.78, 5) is 12.6. The maximum atomic E-state index is 12.6. The number of carbonyl (C=O) groups excluding carboxylic acids is 1. The molecule has 0 saturated heterocycles. The lowest BCUT2D eigenvalue weighted by atomic mass is 9.76. The minimum absolute atomic E-state index is 0.163. The Morgan fingerprint density at radius 2 is 1.32 bits per heavy atom. The smallest absolute Gasteiger partial charge is 0.252 e. The lowest BCUT2D eigenvalue weighted by molar-refractivity contribution is 0.0947. The van der Waals surface area contributed by atoms with Gasteiger partial charge in [0.2, 0.25) is 0 Å². The molecule has 1 N–H and O–H groups in total. The van der Waals surface area contributed by atoms with Crippen LogP contribution in [0.25, 0.3) is 0 Å². The first-order chi connectivity index (χ1) is 12.1. The number of hydrogen-bond acceptors (Lipinski definition) is 1. The van der Waals surface area contributed by atoms with Gasteiger partial charge in [-0.05, 0) is 30.2 Å². The molecule has 3 aromatic rings. The van der Waals surface area contributed by atoms with Crippen molar-refractivity contribution in [2.24, 2.45) is 0 Å². The molecule has 0 spiro atoms. The van der Waals surface area contributed by atoms with Crippen LogP contribution < -0.4 is 5.32 Å². The Morgan fingerprint density at radius 3 is 1.84 bits per heavy atom. The molecule has 0 bridgehead atoms. The molecule has 0 aliphatic carbocycles. The van der Waals surface area contributed by atoms with Crippen LogP contribution in [0.1, 0.15) is 28.4 Å². The van der Waals surface area contributed by atoms with Gasteiger partial charge in [0.15, 0.2) is 0 Å². The number of carbonyl (C=O) groups is 1. The highest BCUT2D eigenvalue weighted by molar-refractivity contribution is 6.33. The fraction of sp³-hybridized carbons (Fsp3) is 0.136. The molecule has 3 aromatic carbocycles. The van der Waals surface area contributed by atoms with E-state index in [4.69, 9.17) is 11.6 Å². The van der Waals surface area contributed by atoms with Gasteiger partial charge in [0, 0.05) is 12.0 Å². The zero-order chi connectivity index (χ0) is 17.7. The predicted molar refractivity (Wildman–Crippen MR) is 103 cm³/mol. The first-order valence-electron chi connectivity index (χ1n) is 8.25. The van der Waals surface area contributed by atoms with Gasteiger partial charge in [0.25, 0.3) is 5.91 Å². The van der Waals surface area contributed by atoms with Crippen molar-refractivity contribution in [1.82, 2.24) is 5.32 Å². The van der Waals surface area contributed by atoms with E-state index in [1.807, 2.05) is 48.5 Å². The lowest BCUT2D eigenvalue weighted by Crippen LogP contribution is -2.39. The largest absolute Gasteiger partial charge is 0.351 e. The minimum atomic E-state index is -0.334. The highest BCUT2D eigenvalue weighted by Gasteiger charge is 2.29. The Kier molecular flexibility index (Phi) is 5.20. The quantitative estimate of drug-likeness (QED) is 0.684. The van der Waals surface area contributed by atoms with E-state index in [9.17, 15) is 4.79 Å². The van der Waals surface area contributed by atoms with Gasteiger partial charge in [-0.25, -0.2) is 0 Å². The van der Waals surface area contributed by atoms with E-state index >= 15 is 0 Å². The van der Waals surface area contributed by atoms with E-state index < -0.39 is 0 Å². The van der Waals surface area contributed by atoms with E-state index in [-0.39, 0.29) is 11.3 Å². The molecule has 3 heteroatoms. The number of rotatable bonds is 5. The summed E-state index contributed by atoms with van der Waals surface area (Å²) in [5, 5.41) is 3.51. The molecule has 0 atom stereocenters. The molecule has 0 aromatic heterocycles. The van der Waals surface area contributed by atoms with Gasteiger partial charge in [-0.2, -0.15) is 0 Å². The molecule has 1 amide bonds. The second-order valence-corrected chi connectivity index (χ2v) is 6.63. The van der Waals surface area contributed by atoms with Crippen LogP contribution in [-0.4, -0.2) is 12.5 Å². The first-order valence-corrected chi connectivity index (χ1v) is 8.63. The summed E-state index contributed by atoms with van der Waals surface area (Å²) in [5.41, 5.74) is 2.47. The Balaban J connectivity index is 1.89. The molecular weight excluding hydrogens is 330 g/mol. The number of benzene rings is 3. The third-order valence-corrected chi connectivity index (χ3v) is 4.87. The monoisotopic (exact) mass is 349 g/mol. The fourth-order valence-corrected chi connectivity index (χ4v) is 3.20. The maximum Gasteiger partial charge on any atom is 0.252 e. The van der Waals surface area contributed by atoms with Crippen LogP contribution in [0.2, 0.25) is 5.02 Å². The van der Waals surface area contributed by atoms with Gasteiger partial charge in [0.05, 0.1) is 10.6 Å². The van der Waals surface area contributed by atoms with Crippen molar-refractivity contribution in [3.8, 4) is 0 Å². The highest BCUT2D eigenvalue weighted by Crippen LogP contribution is 2.31. The summed E-state index contributed by atoms with van der Waals surface area (Å²) in [5.74, 6) is -0.163. The average molecular weight is 350 g/mol. The van der Waals surface area contributed by atoms with Gasteiger partial charge in [0.1, 0.15) is 0 Å². The summed E-state index contributed by atoms with van der Waals surface area (Å²) in [6.07, 6.45) is 0. The molecule has 25 heavy (non-hydrogen) atoms. The molecule has 3 rings (SSSR count). The van der Waals surface area contributed by atoms with Crippen molar-refractivity contribution in [3.05, 3.63) is 107 Å². The molecule has 126 valence electrons. The molecule has 2 nitrogen and oxygen atoms in total. The molecule has 0 aliphatic rings. The van der Waals surface area contributed by atoms with Crippen LogP contribution in [0.5, 0.6) is 0 Å². The van der Waals surface area contributed by atoms with Gasteiger partial charge in [-0.1, -0.05) is 84.4 Å². The van der Waals surface area contributed by atoms with Gasteiger partial charge >= 0.3 is 0 Å². The van der Waals surface area contributed by atoms with Crippen molar-refractivity contribution in [1.29, 1.82) is 0 Å². The maximum absolute atomic E-state index is 12.6. The Hall–Kier alpha value is -2.58. The highest BCUT2D eigenvalue weighted by atomic mass is 35.5. The lowest BCUT2D eigenvalue weighted by Gasteiger charge is -2.31. The molecule has 0 heterocycles. The number of halogens is 1. The van der Waals surface area contributed by atoms with Crippen molar-refractivity contribution in [2.45, 2.75) is 12.3 Å². The van der Waals surface area contributed by atoms with E-state index in [0.29, 0.717) is 17.1 Å². The topological polar surface area (TPSA) is 29.1 Å². The van der Waals surface area contributed by atoms with E-state index in [2.05, 4.69) is 36.5 Å². The average Bonchev–Trinajstić information content (AvgIpc) is 2.67. The molecule has 0 fully saturated rings. The standard InChI is InChI=1S/C22H20ClNO/c1-22(17-10-4-2-5-11-17,18-12-6-3-7-13-18)16-24-21(25)19-14-8-9-15-20(19)23/h2-15H,16H2,1H3,(H,24,25). The third-order valence-electron chi connectivity index (χ3n) is 4.54. The summed E-state index contributed by atoms with van der Waals surface area (Å²) in [6.45, 7) is 2.62. The van der Waals surface area contributed by atoms with E-state index in [1.165, 1.54) is 0 Å². The molecule has 0 saturated carbocycles. The summed E-state index contributed by atoms with van der Waals surface area (Å²) in [6, 6.07) is 27.5. The van der Waals surface area contributed by atoms with Crippen molar-refractivity contribution >= 4 is 17.5 Å².